The van der Waals surface area contributed by atoms with Crippen molar-refractivity contribution < 1.29 is 4.74 Å². The van der Waals surface area contributed by atoms with Crippen LogP contribution in [0.3, 0.4) is 0 Å². The van der Waals surface area contributed by atoms with E-state index in [1.165, 1.54) is 27.9 Å². The zero-order valence-electron chi connectivity index (χ0n) is 18.9. The van der Waals surface area contributed by atoms with E-state index in [0.717, 1.165) is 32.1 Å². The predicted molar refractivity (Wildman–Crippen MR) is 124 cm³/mol. The van der Waals surface area contributed by atoms with Gasteiger partial charge in [-0.2, -0.15) is 0 Å². The first-order chi connectivity index (χ1) is 13.4. The minimum absolute atomic E-state index is 0.130. The average Bonchev–Trinajstić information content (AvgIpc) is 2.64. The largest absolute Gasteiger partial charge is 0.369 e. The van der Waals surface area contributed by atoms with Gasteiger partial charge >= 0.3 is 0 Å². The predicted octanol–water partition coefficient (Wildman–Crippen LogP) is 8.35. The fourth-order valence-electron chi connectivity index (χ4n) is 2.96. The molecule has 1 nitrogen and oxygen atoms in total. The van der Waals surface area contributed by atoms with Crippen molar-refractivity contribution in [3.63, 3.8) is 0 Å². The molecule has 0 fully saturated rings. The molecule has 0 saturated heterocycles. The monoisotopic (exact) mass is 380 g/mol. The van der Waals surface area contributed by atoms with Crippen LogP contribution in [0.25, 0.3) is 0 Å². The van der Waals surface area contributed by atoms with Crippen LogP contribution in [0.15, 0.2) is 76.9 Å². The van der Waals surface area contributed by atoms with Gasteiger partial charge in [0, 0.05) is 0 Å². The van der Waals surface area contributed by atoms with Crippen LogP contribution in [-0.4, -0.2) is 6.10 Å². The van der Waals surface area contributed by atoms with E-state index in [9.17, 15) is 0 Å². The third-order valence-corrected chi connectivity index (χ3v) is 4.66. The summed E-state index contributed by atoms with van der Waals surface area (Å²) in [5.74, 6) is 0. The summed E-state index contributed by atoms with van der Waals surface area (Å²) in [5, 5.41) is 0. The molecule has 1 heteroatoms. The zero-order valence-corrected chi connectivity index (χ0v) is 18.9. The van der Waals surface area contributed by atoms with Gasteiger partial charge in [-0.1, -0.05) is 76.9 Å². The molecule has 154 valence electrons. The minimum Gasteiger partial charge on any atom is -0.369 e. The minimum atomic E-state index is 0.130. The van der Waals surface area contributed by atoms with Crippen LogP contribution < -0.4 is 0 Å². The molecule has 0 bridgehead atoms. The van der Waals surface area contributed by atoms with E-state index in [-0.39, 0.29) is 6.10 Å². The Balaban J connectivity index is 2.70. The van der Waals surface area contributed by atoms with Crippen LogP contribution in [0, 0.1) is 0 Å². The summed E-state index contributed by atoms with van der Waals surface area (Å²) in [6, 6.07) is 10.4. The Morgan fingerprint density at radius 3 is 1.93 bits per heavy atom. The molecule has 0 radical (unpaired) electrons. The number of benzene rings is 1. The first-order valence-corrected chi connectivity index (χ1v) is 10.6. The summed E-state index contributed by atoms with van der Waals surface area (Å²) in [7, 11) is 0. The highest BCUT2D eigenvalue weighted by molar-refractivity contribution is 5.14. The standard InChI is InChI=1S/C27H40O/c1-22(2)12-10-14-24(5)18-19-27(20-25(6)15-11-13-23(3)4)28-21-26-16-8-7-9-17-26/h7-9,12-13,16-18,20,27H,10-11,14-15,19,21H2,1-6H3/b24-18+,25-20+. The third kappa shape index (κ3) is 12.5. The van der Waals surface area contributed by atoms with E-state index in [2.05, 4.69) is 90.1 Å². The van der Waals surface area contributed by atoms with Crippen LogP contribution in [-0.2, 0) is 11.3 Å². The van der Waals surface area contributed by atoms with Crippen molar-refractivity contribution in [3.8, 4) is 0 Å². The Morgan fingerprint density at radius 2 is 1.36 bits per heavy atom. The van der Waals surface area contributed by atoms with Crippen molar-refractivity contribution in [3.05, 3.63) is 82.5 Å². The average molecular weight is 381 g/mol. The van der Waals surface area contributed by atoms with Crippen molar-refractivity contribution in [2.45, 2.75) is 86.4 Å². The Hall–Kier alpha value is -1.86. The maximum absolute atomic E-state index is 6.27. The second kappa shape index (κ2) is 14.2. The molecule has 1 atom stereocenters. The number of allylic oxidation sites excluding steroid dienone is 6. The van der Waals surface area contributed by atoms with Crippen LogP contribution in [0.5, 0.6) is 0 Å². The zero-order chi connectivity index (χ0) is 20.8. The molecule has 1 rings (SSSR count). The molecule has 0 aliphatic carbocycles. The molecule has 0 heterocycles. The molecular formula is C27H40O. The number of hydrogen-bond acceptors (Lipinski definition) is 1. The van der Waals surface area contributed by atoms with E-state index in [1.54, 1.807) is 0 Å². The maximum Gasteiger partial charge on any atom is 0.0797 e. The first-order valence-electron chi connectivity index (χ1n) is 10.6. The summed E-state index contributed by atoms with van der Waals surface area (Å²) in [5.41, 5.74) is 6.87. The van der Waals surface area contributed by atoms with Gasteiger partial charge in [0.2, 0.25) is 0 Å². The molecule has 0 spiro atoms. The summed E-state index contributed by atoms with van der Waals surface area (Å²) >= 11 is 0. The summed E-state index contributed by atoms with van der Waals surface area (Å²) in [4.78, 5) is 0. The molecule has 0 aromatic heterocycles. The molecule has 0 N–H and O–H groups in total. The van der Waals surface area contributed by atoms with Crippen molar-refractivity contribution in [1.29, 1.82) is 0 Å². The van der Waals surface area contributed by atoms with Crippen molar-refractivity contribution in [2.75, 3.05) is 0 Å². The lowest BCUT2D eigenvalue weighted by Gasteiger charge is -2.15. The molecule has 1 unspecified atom stereocenters. The lowest BCUT2D eigenvalue weighted by molar-refractivity contribution is 0.0732. The van der Waals surface area contributed by atoms with Gasteiger partial charge in [0.1, 0.15) is 0 Å². The highest BCUT2D eigenvalue weighted by Crippen LogP contribution is 2.16. The molecular weight excluding hydrogens is 340 g/mol. The number of ether oxygens (including phenoxy) is 1. The van der Waals surface area contributed by atoms with Crippen LogP contribution >= 0.6 is 0 Å². The van der Waals surface area contributed by atoms with Crippen LogP contribution in [0.2, 0.25) is 0 Å². The van der Waals surface area contributed by atoms with E-state index in [0.29, 0.717) is 6.61 Å². The lowest BCUT2D eigenvalue weighted by atomic mass is 10.0. The van der Waals surface area contributed by atoms with Gasteiger partial charge in [-0.05, 0) is 79.2 Å². The molecule has 0 aliphatic heterocycles. The lowest BCUT2D eigenvalue weighted by Crippen LogP contribution is -2.10. The number of hydrogen-bond donors (Lipinski definition) is 0. The Labute approximate surface area is 173 Å². The molecule has 1 aromatic carbocycles. The van der Waals surface area contributed by atoms with E-state index < -0.39 is 0 Å². The van der Waals surface area contributed by atoms with Gasteiger partial charge in [-0.3, -0.25) is 0 Å². The first kappa shape index (κ1) is 24.2. The van der Waals surface area contributed by atoms with Gasteiger partial charge in [0.25, 0.3) is 0 Å². The van der Waals surface area contributed by atoms with Crippen LogP contribution in [0.4, 0.5) is 0 Å². The van der Waals surface area contributed by atoms with Crippen molar-refractivity contribution in [2.24, 2.45) is 0 Å². The second-order valence-electron chi connectivity index (χ2n) is 8.27. The third-order valence-electron chi connectivity index (χ3n) is 4.66. The molecule has 0 amide bonds. The van der Waals surface area contributed by atoms with Gasteiger partial charge in [0.15, 0.2) is 0 Å². The Morgan fingerprint density at radius 1 is 0.786 bits per heavy atom. The van der Waals surface area contributed by atoms with Crippen LogP contribution in [0.1, 0.15) is 79.2 Å². The van der Waals surface area contributed by atoms with E-state index in [4.69, 9.17) is 4.74 Å². The summed E-state index contributed by atoms with van der Waals surface area (Å²) in [6.07, 6.45) is 14.8. The summed E-state index contributed by atoms with van der Waals surface area (Å²) in [6.45, 7) is 13.8. The molecule has 0 saturated carbocycles. The highest BCUT2D eigenvalue weighted by atomic mass is 16.5. The van der Waals surface area contributed by atoms with E-state index in [1.807, 2.05) is 6.07 Å². The summed E-state index contributed by atoms with van der Waals surface area (Å²) < 4.78 is 6.27. The molecule has 28 heavy (non-hydrogen) atoms. The fraction of sp³-hybridized carbons (Fsp3) is 0.481. The topological polar surface area (TPSA) is 9.23 Å². The smallest absolute Gasteiger partial charge is 0.0797 e. The van der Waals surface area contributed by atoms with Crippen molar-refractivity contribution >= 4 is 0 Å². The second-order valence-corrected chi connectivity index (χ2v) is 8.27. The fourth-order valence-corrected chi connectivity index (χ4v) is 2.96. The van der Waals surface area contributed by atoms with E-state index >= 15 is 0 Å². The molecule has 0 aliphatic rings. The van der Waals surface area contributed by atoms with Gasteiger partial charge in [0.05, 0.1) is 12.7 Å². The van der Waals surface area contributed by atoms with Gasteiger partial charge in [-0.25, -0.2) is 0 Å². The Bertz CT molecular complexity index is 665. The molecule has 1 aromatic rings. The van der Waals surface area contributed by atoms with Crippen molar-refractivity contribution in [1.82, 2.24) is 0 Å². The highest BCUT2D eigenvalue weighted by Gasteiger charge is 2.06. The Kier molecular flexibility index (Phi) is 12.2. The SMILES string of the molecule is CC(C)=CCC/C(C)=C/CC(/C=C(\C)CCC=C(C)C)OCc1ccccc1. The normalized spacial score (nSPS) is 13.2. The number of rotatable bonds is 12. The quantitative estimate of drug-likeness (QED) is 0.331. The maximum atomic E-state index is 6.27. The van der Waals surface area contributed by atoms with Gasteiger partial charge < -0.3 is 4.74 Å². The van der Waals surface area contributed by atoms with Gasteiger partial charge in [-0.15, -0.1) is 0 Å².